The van der Waals surface area contributed by atoms with E-state index in [0.29, 0.717) is 6.61 Å². The van der Waals surface area contributed by atoms with Gasteiger partial charge in [0.25, 0.3) is 5.91 Å². The van der Waals surface area contributed by atoms with Crippen LogP contribution in [0.4, 0.5) is 5.69 Å². The van der Waals surface area contributed by atoms with Crippen molar-refractivity contribution >= 4 is 11.6 Å². The fraction of sp³-hybridized carbons (Fsp3) is 0.455. The summed E-state index contributed by atoms with van der Waals surface area (Å²) in [6, 6.07) is 3.43. The maximum Gasteiger partial charge on any atom is 0.267 e. The van der Waals surface area contributed by atoms with E-state index >= 15 is 0 Å². The first-order chi connectivity index (χ1) is 8.24. The molecule has 1 amide bonds. The molecule has 0 spiro atoms. The Balaban J connectivity index is 2.27. The highest BCUT2D eigenvalue weighted by atomic mass is 16.5. The summed E-state index contributed by atoms with van der Waals surface area (Å²) >= 11 is 0. The standard InChI is InChI=1S/C11H18N4O2/c1-17-7-6-13-4-5-14-9-2-3-15-10(8-9)11(12)16/h2-3,8,13H,4-7H2,1H3,(H2,12,16)(H,14,15). The van der Waals surface area contributed by atoms with Crippen LogP contribution in [0.15, 0.2) is 18.3 Å². The summed E-state index contributed by atoms with van der Waals surface area (Å²) in [6.07, 6.45) is 1.56. The molecular formula is C11H18N4O2. The van der Waals surface area contributed by atoms with E-state index in [1.165, 1.54) is 0 Å². The van der Waals surface area contributed by atoms with Gasteiger partial charge in [-0.3, -0.25) is 9.78 Å². The van der Waals surface area contributed by atoms with Crippen LogP contribution in [0, 0.1) is 0 Å². The van der Waals surface area contributed by atoms with E-state index in [4.69, 9.17) is 10.5 Å². The van der Waals surface area contributed by atoms with Crippen molar-refractivity contribution in [2.75, 3.05) is 38.7 Å². The molecule has 0 saturated carbocycles. The fourth-order valence-corrected chi connectivity index (χ4v) is 1.27. The maximum absolute atomic E-state index is 10.9. The van der Waals surface area contributed by atoms with Gasteiger partial charge >= 0.3 is 0 Å². The number of nitrogens with zero attached hydrogens (tertiary/aromatic N) is 1. The molecule has 0 radical (unpaired) electrons. The van der Waals surface area contributed by atoms with Crippen LogP contribution in [0.5, 0.6) is 0 Å². The third-order valence-electron chi connectivity index (χ3n) is 2.13. The van der Waals surface area contributed by atoms with Gasteiger partial charge < -0.3 is 21.1 Å². The van der Waals surface area contributed by atoms with Crippen LogP contribution >= 0.6 is 0 Å². The Bertz CT molecular complexity index is 357. The summed E-state index contributed by atoms with van der Waals surface area (Å²) in [5, 5.41) is 6.36. The van der Waals surface area contributed by atoms with Gasteiger partial charge in [-0.2, -0.15) is 0 Å². The SMILES string of the molecule is COCCNCCNc1ccnc(C(N)=O)c1. The van der Waals surface area contributed by atoms with Crippen molar-refractivity contribution in [3.05, 3.63) is 24.0 Å². The van der Waals surface area contributed by atoms with Gasteiger partial charge in [0.15, 0.2) is 0 Å². The lowest BCUT2D eigenvalue weighted by Gasteiger charge is -2.07. The molecule has 1 aromatic heterocycles. The molecule has 0 aliphatic rings. The fourth-order valence-electron chi connectivity index (χ4n) is 1.27. The minimum absolute atomic E-state index is 0.266. The lowest BCUT2D eigenvalue weighted by atomic mass is 10.3. The molecule has 0 bridgehead atoms. The van der Waals surface area contributed by atoms with Crippen molar-refractivity contribution in [2.45, 2.75) is 0 Å². The predicted octanol–water partition coefficient (Wildman–Crippen LogP) is -0.172. The van der Waals surface area contributed by atoms with Crippen LogP contribution in [0.1, 0.15) is 10.5 Å². The number of pyridine rings is 1. The zero-order valence-electron chi connectivity index (χ0n) is 9.90. The number of rotatable bonds is 8. The van der Waals surface area contributed by atoms with E-state index in [2.05, 4.69) is 15.6 Å². The molecule has 0 unspecified atom stereocenters. The number of hydrogen-bond acceptors (Lipinski definition) is 5. The number of amides is 1. The van der Waals surface area contributed by atoms with Gasteiger partial charge in [0.05, 0.1) is 6.61 Å². The number of nitrogens with two attached hydrogens (primary N) is 1. The maximum atomic E-state index is 10.9. The molecule has 0 fully saturated rings. The summed E-state index contributed by atoms with van der Waals surface area (Å²) < 4.78 is 4.91. The molecule has 1 aromatic rings. The number of anilines is 1. The average Bonchev–Trinajstić information content (AvgIpc) is 2.34. The normalized spacial score (nSPS) is 10.2. The summed E-state index contributed by atoms with van der Waals surface area (Å²) in [5.41, 5.74) is 6.24. The van der Waals surface area contributed by atoms with Gasteiger partial charge in [0, 0.05) is 38.6 Å². The van der Waals surface area contributed by atoms with Crippen LogP contribution in [0.2, 0.25) is 0 Å². The Morgan fingerprint density at radius 1 is 1.47 bits per heavy atom. The van der Waals surface area contributed by atoms with Gasteiger partial charge in [0.2, 0.25) is 0 Å². The largest absolute Gasteiger partial charge is 0.384 e. The van der Waals surface area contributed by atoms with Gasteiger partial charge in [-0.25, -0.2) is 0 Å². The molecule has 1 rings (SSSR count). The summed E-state index contributed by atoms with van der Waals surface area (Å²) in [6.45, 7) is 3.09. The van der Waals surface area contributed by atoms with Gasteiger partial charge in [-0.15, -0.1) is 0 Å². The van der Waals surface area contributed by atoms with Crippen molar-refractivity contribution < 1.29 is 9.53 Å². The number of carbonyl (C=O) groups excluding carboxylic acids is 1. The Morgan fingerprint density at radius 2 is 2.29 bits per heavy atom. The number of nitrogens with one attached hydrogen (secondary N) is 2. The zero-order chi connectivity index (χ0) is 12.5. The smallest absolute Gasteiger partial charge is 0.267 e. The molecule has 0 atom stereocenters. The molecule has 6 nitrogen and oxygen atoms in total. The second kappa shape index (κ2) is 7.59. The first-order valence-electron chi connectivity index (χ1n) is 5.43. The Hall–Kier alpha value is -1.66. The third kappa shape index (κ3) is 5.28. The van der Waals surface area contributed by atoms with Crippen molar-refractivity contribution in [2.24, 2.45) is 5.73 Å². The van der Waals surface area contributed by atoms with Crippen LogP contribution in [0.25, 0.3) is 0 Å². The van der Waals surface area contributed by atoms with Crippen LogP contribution in [-0.2, 0) is 4.74 Å². The molecule has 1 heterocycles. The first kappa shape index (κ1) is 13.4. The van der Waals surface area contributed by atoms with Crippen molar-refractivity contribution in [1.82, 2.24) is 10.3 Å². The Kier molecular flexibility index (Phi) is 5.98. The van der Waals surface area contributed by atoms with E-state index in [1.54, 1.807) is 25.4 Å². The number of aromatic nitrogens is 1. The Morgan fingerprint density at radius 3 is 3.00 bits per heavy atom. The zero-order valence-corrected chi connectivity index (χ0v) is 9.90. The van der Waals surface area contributed by atoms with E-state index < -0.39 is 5.91 Å². The minimum atomic E-state index is -0.521. The lowest BCUT2D eigenvalue weighted by molar-refractivity contribution is 0.0995. The van der Waals surface area contributed by atoms with Crippen LogP contribution in [-0.4, -0.2) is 44.2 Å². The highest BCUT2D eigenvalue weighted by molar-refractivity contribution is 5.91. The number of hydrogen-bond donors (Lipinski definition) is 3. The highest BCUT2D eigenvalue weighted by Gasteiger charge is 2.01. The average molecular weight is 238 g/mol. The van der Waals surface area contributed by atoms with Gasteiger partial charge in [-0.1, -0.05) is 0 Å². The van der Waals surface area contributed by atoms with E-state index in [0.717, 1.165) is 25.3 Å². The predicted molar refractivity (Wildman–Crippen MR) is 66.0 cm³/mol. The molecular weight excluding hydrogens is 220 g/mol. The minimum Gasteiger partial charge on any atom is -0.384 e. The molecule has 0 aromatic carbocycles. The lowest BCUT2D eigenvalue weighted by Crippen LogP contribution is -2.25. The number of ether oxygens (including phenoxy) is 1. The molecule has 0 aliphatic carbocycles. The second-order valence-electron chi connectivity index (χ2n) is 3.46. The van der Waals surface area contributed by atoms with Crippen LogP contribution in [0.3, 0.4) is 0 Å². The van der Waals surface area contributed by atoms with Crippen molar-refractivity contribution in [1.29, 1.82) is 0 Å². The van der Waals surface area contributed by atoms with Gasteiger partial charge in [-0.05, 0) is 12.1 Å². The summed E-state index contributed by atoms with van der Waals surface area (Å²) in [5.74, 6) is -0.521. The molecule has 0 saturated heterocycles. The first-order valence-corrected chi connectivity index (χ1v) is 5.43. The number of carbonyl (C=O) groups is 1. The molecule has 17 heavy (non-hydrogen) atoms. The van der Waals surface area contributed by atoms with Crippen molar-refractivity contribution in [3.8, 4) is 0 Å². The third-order valence-corrected chi connectivity index (χ3v) is 2.13. The van der Waals surface area contributed by atoms with E-state index in [-0.39, 0.29) is 5.69 Å². The topological polar surface area (TPSA) is 89.3 Å². The van der Waals surface area contributed by atoms with Crippen LogP contribution < -0.4 is 16.4 Å². The van der Waals surface area contributed by atoms with E-state index in [9.17, 15) is 4.79 Å². The summed E-state index contributed by atoms with van der Waals surface area (Å²) in [4.78, 5) is 14.8. The van der Waals surface area contributed by atoms with Gasteiger partial charge in [0.1, 0.15) is 5.69 Å². The molecule has 4 N–H and O–H groups in total. The second-order valence-corrected chi connectivity index (χ2v) is 3.46. The highest BCUT2D eigenvalue weighted by Crippen LogP contribution is 2.06. The molecule has 6 heteroatoms. The quantitative estimate of drug-likeness (QED) is 0.547. The Labute approximate surface area is 101 Å². The number of primary amides is 1. The number of methoxy groups -OCH3 is 1. The van der Waals surface area contributed by atoms with E-state index in [1.807, 2.05) is 0 Å². The van der Waals surface area contributed by atoms with Crippen molar-refractivity contribution in [3.63, 3.8) is 0 Å². The monoisotopic (exact) mass is 238 g/mol. The molecule has 0 aliphatic heterocycles. The summed E-state index contributed by atoms with van der Waals surface area (Å²) in [7, 11) is 1.67. The molecule has 94 valence electrons.